The number of H-pyrrole nitrogens is 1. The van der Waals surface area contributed by atoms with E-state index in [2.05, 4.69) is 36.3 Å². The van der Waals surface area contributed by atoms with Gasteiger partial charge in [-0.2, -0.15) is 5.10 Å². The van der Waals surface area contributed by atoms with Crippen LogP contribution in [0.15, 0.2) is 54.1 Å². The summed E-state index contributed by atoms with van der Waals surface area (Å²) in [6.45, 7) is 6.45. The lowest BCUT2D eigenvalue weighted by atomic mass is 9.87. The van der Waals surface area contributed by atoms with Gasteiger partial charge in [0.05, 0.1) is 0 Å². The van der Waals surface area contributed by atoms with E-state index in [1.54, 1.807) is 18.2 Å². The smallest absolute Gasteiger partial charge is 0.276 e. The Morgan fingerprint density at radius 3 is 2.65 bits per heavy atom. The van der Waals surface area contributed by atoms with Gasteiger partial charge in [-0.25, -0.2) is 4.39 Å². The fraction of sp³-hybridized carbons (Fsp3) is 0.333. The molecule has 2 aromatic rings. The first kappa shape index (κ1) is 18.1. The van der Waals surface area contributed by atoms with Crippen molar-refractivity contribution in [3.8, 4) is 0 Å². The molecule has 0 bridgehead atoms. The third-order valence-corrected chi connectivity index (χ3v) is 4.39. The van der Waals surface area contributed by atoms with Crippen molar-refractivity contribution in [1.29, 1.82) is 0 Å². The van der Waals surface area contributed by atoms with E-state index in [9.17, 15) is 9.18 Å². The van der Waals surface area contributed by atoms with Crippen LogP contribution >= 0.6 is 0 Å². The zero-order valence-corrected chi connectivity index (χ0v) is 15.3. The number of halogens is 1. The van der Waals surface area contributed by atoms with E-state index in [0.717, 1.165) is 17.0 Å². The Morgan fingerprint density at radius 2 is 2.04 bits per heavy atom. The normalized spacial score (nSPS) is 17.1. The van der Waals surface area contributed by atoms with Gasteiger partial charge in [0, 0.05) is 24.2 Å². The Kier molecular flexibility index (Phi) is 5.07. The van der Waals surface area contributed by atoms with E-state index in [-0.39, 0.29) is 11.3 Å². The molecule has 1 aromatic carbocycles. The molecule has 1 aliphatic carbocycles. The number of anilines is 1. The van der Waals surface area contributed by atoms with Crippen molar-refractivity contribution in [2.75, 3.05) is 5.32 Å². The lowest BCUT2D eigenvalue weighted by Gasteiger charge is -2.19. The van der Waals surface area contributed by atoms with E-state index in [4.69, 9.17) is 0 Å². The molecule has 1 aromatic heterocycles. The molecule has 0 aliphatic heterocycles. The quantitative estimate of drug-likeness (QED) is 0.835. The summed E-state index contributed by atoms with van der Waals surface area (Å²) in [7, 11) is 0. The van der Waals surface area contributed by atoms with Crippen molar-refractivity contribution < 1.29 is 9.18 Å². The Labute approximate surface area is 153 Å². The summed E-state index contributed by atoms with van der Waals surface area (Å²) in [5.41, 5.74) is 4.20. The minimum atomic E-state index is -0.897. The molecule has 0 spiro atoms. The van der Waals surface area contributed by atoms with E-state index in [1.807, 2.05) is 30.3 Å². The summed E-state index contributed by atoms with van der Waals surface area (Å²) in [6.07, 6.45) is 5.32. The van der Waals surface area contributed by atoms with E-state index in [0.29, 0.717) is 18.5 Å². The molecule has 1 atom stereocenters. The van der Waals surface area contributed by atoms with Gasteiger partial charge >= 0.3 is 0 Å². The molecule has 136 valence electrons. The van der Waals surface area contributed by atoms with Crippen LogP contribution < -0.4 is 5.32 Å². The third kappa shape index (κ3) is 4.48. The number of carbonyl (C=O) groups excluding carboxylic acids is 1. The third-order valence-electron chi connectivity index (χ3n) is 4.39. The number of amides is 1. The maximum Gasteiger partial charge on any atom is 0.276 e. The SMILES string of the molecule is CC(C)(C)c1ccc(NC(=O)c2cc(CC3=CCC(F)C=C3)[nH]n2)cc1. The number of carbonyl (C=O) groups is 1. The van der Waals surface area contributed by atoms with Gasteiger partial charge in [-0.3, -0.25) is 9.89 Å². The van der Waals surface area contributed by atoms with Crippen LogP contribution in [0.25, 0.3) is 0 Å². The average molecular weight is 353 g/mol. The van der Waals surface area contributed by atoms with E-state index >= 15 is 0 Å². The summed E-state index contributed by atoms with van der Waals surface area (Å²) in [4.78, 5) is 12.4. The fourth-order valence-corrected chi connectivity index (χ4v) is 2.81. The summed E-state index contributed by atoms with van der Waals surface area (Å²) < 4.78 is 13.1. The second kappa shape index (κ2) is 7.28. The number of allylic oxidation sites excluding steroid dienone is 4. The number of aromatic amines is 1. The Hall–Kier alpha value is -2.69. The lowest BCUT2D eigenvalue weighted by Crippen LogP contribution is -2.14. The lowest BCUT2D eigenvalue weighted by molar-refractivity contribution is 0.102. The second-order valence-electron chi connectivity index (χ2n) is 7.63. The number of benzene rings is 1. The van der Waals surface area contributed by atoms with Crippen molar-refractivity contribution >= 4 is 11.6 Å². The number of alkyl halides is 1. The molecule has 5 heteroatoms. The molecular formula is C21H24FN3O. The van der Waals surface area contributed by atoms with Crippen LogP contribution in [0.3, 0.4) is 0 Å². The van der Waals surface area contributed by atoms with Crippen LogP contribution in [0.4, 0.5) is 10.1 Å². The summed E-state index contributed by atoms with van der Waals surface area (Å²) in [5, 5.41) is 9.83. The maximum atomic E-state index is 13.1. The number of hydrogen-bond acceptors (Lipinski definition) is 2. The van der Waals surface area contributed by atoms with Crippen molar-refractivity contribution in [2.45, 2.75) is 45.2 Å². The molecule has 1 aliphatic rings. The molecule has 0 radical (unpaired) electrons. The van der Waals surface area contributed by atoms with Crippen molar-refractivity contribution in [1.82, 2.24) is 10.2 Å². The Balaban J connectivity index is 1.62. The van der Waals surface area contributed by atoms with Gasteiger partial charge in [-0.1, -0.05) is 51.1 Å². The number of nitrogens with zero attached hydrogens (tertiary/aromatic N) is 1. The minimum absolute atomic E-state index is 0.0735. The monoisotopic (exact) mass is 353 g/mol. The van der Waals surface area contributed by atoms with Gasteiger partial charge in [0.2, 0.25) is 0 Å². The van der Waals surface area contributed by atoms with Gasteiger partial charge in [-0.05, 0) is 34.8 Å². The van der Waals surface area contributed by atoms with Crippen LogP contribution in [0.1, 0.15) is 48.9 Å². The van der Waals surface area contributed by atoms with Gasteiger partial charge < -0.3 is 5.32 Å². The highest BCUT2D eigenvalue weighted by Gasteiger charge is 2.15. The van der Waals surface area contributed by atoms with Gasteiger partial charge in [0.15, 0.2) is 5.69 Å². The number of nitrogens with one attached hydrogen (secondary N) is 2. The Bertz CT molecular complexity index is 841. The average Bonchev–Trinajstić information content (AvgIpc) is 3.05. The molecule has 26 heavy (non-hydrogen) atoms. The number of hydrogen-bond donors (Lipinski definition) is 2. The molecule has 0 saturated heterocycles. The molecule has 4 nitrogen and oxygen atoms in total. The predicted molar refractivity (Wildman–Crippen MR) is 102 cm³/mol. The summed E-state index contributed by atoms with van der Waals surface area (Å²) in [6, 6.07) is 9.57. The first-order chi connectivity index (χ1) is 12.3. The molecule has 0 saturated carbocycles. The van der Waals surface area contributed by atoms with Crippen molar-refractivity contribution in [3.05, 3.63) is 71.1 Å². The van der Waals surface area contributed by atoms with Crippen LogP contribution in [0.2, 0.25) is 0 Å². The minimum Gasteiger partial charge on any atom is -0.321 e. The van der Waals surface area contributed by atoms with Gasteiger partial charge in [0.1, 0.15) is 6.17 Å². The largest absolute Gasteiger partial charge is 0.321 e. The van der Waals surface area contributed by atoms with E-state index in [1.165, 1.54) is 5.56 Å². The maximum absolute atomic E-state index is 13.1. The molecule has 1 amide bonds. The van der Waals surface area contributed by atoms with E-state index < -0.39 is 6.17 Å². The highest BCUT2D eigenvalue weighted by molar-refractivity contribution is 6.02. The highest BCUT2D eigenvalue weighted by atomic mass is 19.1. The second-order valence-corrected chi connectivity index (χ2v) is 7.63. The predicted octanol–water partition coefficient (Wildman–Crippen LogP) is 4.73. The summed E-state index contributed by atoms with van der Waals surface area (Å²) >= 11 is 0. The van der Waals surface area contributed by atoms with Gasteiger partial charge in [0.25, 0.3) is 5.91 Å². The first-order valence-corrected chi connectivity index (χ1v) is 8.79. The van der Waals surface area contributed by atoms with Crippen molar-refractivity contribution in [2.24, 2.45) is 0 Å². The molecule has 1 heterocycles. The highest BCUT2D eigenvalue weighted by Crippen LogP contribution is 2.23. The van der Waals surface area contributed by atoms with Crippen molar-refractivity contribution in [3.63, 3.8) is 0 Å². The Morgan fingerprint density at radius 1 is 1.31 bits per heavy atom. The molecular weight excluding hydrogens is 329 g/mol. The standard InChI is InChI=1S/C21H24FN3O/c1-21(2,3)15-6-10-17(11-7-15)23-20(26)19-13-18(24-25-19)12-14-4-8-16(22)9-5-14/h4-8,10-11,13,16H,9,12H2,1-3H3,(H,23,26)(H,24,25). The molecule has 2 N–H and O–H groups in total. The fourth-order valence-electron chi connectivity index (χ4n) is 2.81. The topological polar surface area (TPSA) is 57.8 Å². The first-order valence-electron chi connectivity index (χ1n) is 8.79. The molecule has 0 fully saturated rings. The number of aromatic nitrogens is 2. The zero-order chi connectivity index (χ0) is 18.7. The van der Waals surface area contributed by atoms with Crippen LogP contribution in [0, 0.1) is 0 Å². The van der Waals surface area contributed by atoms with Crippen LogP contribution in [0.5, 0.6) is 0 Å². The zero-order valence-electron chi connectivity index (χ0n) is 15.3. The van der Waals surface area contributed by atoms with Gasteiger partial charge in [-0.15, -0.1) is 0 Å². The molecule has 3 rings (SSSR count). The van der Waals surface area contributed by atoms with Crippen LogP contribution in [-0.2, 0) is 11.8 Å². The number of rotatable bonds is 4. The summed E-state index contributed by atoms with van der Waals surface area (Å²) in [5.74, 6) is -0.256. The van der Waals surface area contributed by atoms with Crippen LogP contribution in [-0.4, -0.2) is 22.3 Å². The molecule has 1 unspecified atom stereocenters.